The lowest BCUT2D eigenvalue weighted by Crippen LogP contribution is -2.14. The zero-order chi connectivity index (χ0) is 13.1. The molecule has 1 aromatic carbocycles. The quantitative estimate of drug-likeness (QED) is 0.876. The maximum Gasteiger partial charge on any atom is 0.259 e. The van der Waals surface area contributed by atoms with Crippen molar-refractivity contribution in [1.82, 2.24) is 10.2 Å². The van der Waals surface area contributed by atoms with Crippen molar-refractivity contribution < 1.29 is 9.18 Å². The number of carbonyl (C=O) groups is 1. The Bertz CT molecular complexity index is 577. The summed E-state index contributed by atoms with van der Waals surface area (Å²) in [5.74, 6) is -0.632. The van der Waals surface area contributed by atoms with Crippen molar-refractivity contribution in [2.75, 3.05) is 5.32 Å². The fourth-order valence-corrected chi connectivity index (χ4v) is 1.60. The molecular weight excluding hydrogens is 233 g/mol. The number of nitrogens with zero attached hydrogens (tertiary/aromatic N) is 1. The number of anilines is 1. The molecule has 0 aliphatic heterocycles. The van der Waals surface area contributed by atoms with E-state index < -0.39 is 11.7 Å². The zero-order valence-corrected chi connectivity index (χ0v) is 10.2. The summed E-state index contributed by atoms with van der Waals surface area (Å²) in [4.78, 5) is 11.9. The Balaban J connectivity index is 2.19. The first kappa shape index (κ1) is 12.3. The maximum atomic E-state index is 13.5. The molecule has 0 saturated heterocycles. The number of carbonyl (C=O) groups excluding carboxylic acids is 1. The van der Waals surface area contributed by atoms with Gasteiger partial charge in [0.1, 0.15) is 5.82 Å². The van der Waals surface area contributed by atoms with Gasteiger partial charge in [-0.25, -0.2) is 4.39 Å². The van der Waals surface area contributed by atoms with E-state index in [1.165, 1.54) is 12.1 Å². The Morgan fingerprint density at radius 3 is 2.89 bits per heavy atom. The van der Waals surface area contributed by atoms with Crippen molar-refractivity contribution in [3.63, 3.8) is 0 Å². The predicted octanol–water partition coefficient (Wildman–Crippen LogP) is 2.67. The lowest BCUT2D eigenvalue weighted by Gasteiger charge is -2.04. The van der Waals surface area contributed by atoms with E-state index in [2.05, 4.69) is 15.5 Å². The van der Waals surface area contributed by atoms with Crippen molar-refractivity contribution in [3.05, 3.63) is 46.9 Å². The molecule has 0 atom stereocenters. The molecule has 0 spiro atoms. The second kappa shape index (κ2) is 5.00. The van der Waals surface area contributed by atoms with Crippen molar-refractivity contribution in [2.24, 2.45) is 0 Å². The number of hydrogen-bond donors (Lipinski definition) is 2. The molecule has 18 heavy (non-hydrogen) atoms. The highest BCUT2D eigenvalue weighted by Crippen LogP contribution is 2.13. The number of benzene rings is 1. The van der Waals surface area contributed by atoms with Gasteiger partial charge in [0.2, 0.25) is 0 Å². The van der Waals surface area contributed by atoms with Gasteiger partial charge in [-0.15, -0.1) is 0 Å². The van der Waals surface area contributed by atoms with Crippen LogP contribution in [0.4, 0.5) is 10.2 Å². The van der Waals surface area contributed by atoms with E-state index in [9.17, 15) is 9.18 Å². The van der Waals surface area contributed by atoms with Gasteiger partial charge in [0.15, 0.2) is 5.82 Å². The topological polar surface area (TPSA) is 57.8 Å². The first-order valence-corrected chi connectivity index (χ1v) is 5.72. The largest absolute Gasteiger partial charge is 0.305 e. The van der Waals surface area contributed by atoms with Crippen LogP contribution in [0.2, 0.25) is 0 Å². The molecule has 0 unspecified atom stereocenters. The van der Waals surface area contributed by atoms with E-state index in [0.717, 1.165) is 17.7 Å². The SMILES string of the molecule is CCc1cc(NC(=O)c2cc(C)ccc2F)n[nH]1. The summed E-state index contributed by atoms with van der Waals surface area (Å²) in [7, 11) is 0. The summed E-state index contributed by atoms with van der Waals surface area (Å²) in [6.45, 7) is 3.78. The fraction of sp³-hybridized carbons (Fsp3) is 0.231. The normalized spacial score (nSPS) is 10.4. The molecule has 1 heterocycles. The van der Waals surface area contributed by atoms with Crippen LogP contribution in [0.15, 0.2) is 24.3 Å². The van der Waals surface area contributed by atoms with Gasteiger partial charge in [-0.05, 0) is 25.5 Å². The van der Waals surface area contributed by atoms with Crippen LogP contribution in [0.3, 0.4) is 0 Å². The lowest BCUT2D eigenvalue weighted by atomic mass is 10.1. The molecule has 0 saturated carbocycles. The Labute approximate surface area is 104 Å². The van der Waals surface area contributed by atoms with Gasteiger partial charge in [-0.3, -0.25) is 9.89 Å². The minimum absolute atomic E-state index is 0.0241. The second-order valence-electron chi connectivity index (χ2n) is 4.07. The Morgan fingerprint density at radius 1 is 1.44 bits per heavy atom. The van der Waals surface area contributed by atoms with Crippen LogP contribution in [0.5, 0.6) is 0 Å². The fourth-order valence-electron chi connectivity index (χ4n) is 1.60. The third-order valence-corrected chi connectivity index (χ3v) is 2.62. The van der Waals surface area contributed by atoms with Crippen LogP contribution in [-0.4, -0.2) is 16.1 Å². The summed E-state index contributed by atoms with van der Waals surface area (Å²) in [6.07, 6.45) is 0.793. The Morgan fingerprint density at radius 2 is 2.22 bits per heavy atom. The van der Waals surface area contributed by atoms with E-state index in [-0.39, 0.29) is 5.56 Å². The number of aromatic amines is 1. The van der Waals surface area contributed by atoms with E-state index in [1.807, 2.05) is 6.92 Å². The first-order valence-electron chi connectivity index (χ1n) is 5.72. The van der Waals surface area contributed by atoms with E-state index in [0.29, 0.717) is 5.82 Å². The van der Waals surface area contributed by atoms with Gasteiger partial charge in [-0.1, -0.05) is 18.6 Å². The van der Waals surface area contributed by atoms with Crippen molar-refractivity contribution >= 4 is 11.7 Å². The monoisotopic (exact) mass is 247 g/mol. The Hall–Kier alpha value is -2.17. The molecule has 0 fully saturated rings. The van der Waals surface area contributed by atoms with Gasteiger partial charge >= 0.3 is 0 Å². The number of aryl methyl sites for hydroxylation is 2. The molecule has 0 radical (unpaired) electrons. The highest BCUT2D eigenvalue weighted by atomic mass is 19.1. The molecule has 0 aliphatic rings. The van der Waals surface area contributed by atoms with Crippen LogP contribution >= 0.6 is 0 Å². The molecule has 4 nitrogen and oxygen atoms in total. The van der Waals surface area contributed by atoms with Crippen LogP contribution < -0.4 is 5.32 Å². The average molecular weight is 247 g/mol. The maximum absolute atomic E-state index is 13.5. The van der Waals surface area contributed by atoms with Crippen LogP contribution in [0.25, 0.3) is 0 Å². The van der Waals surface area contributed by atoms with E-state index in [1.54, 1.807) is 19.1 Å². The molecule has 94 valence electrons. The van der Waals surface area contributed by atoms with Crippen molar-refractivity contribution in [3.8, 4) is 0 Å². The highest BCUT2D eigenvalue weighted by Gasteiger charge is 2.13. The van der Waals surface area contributed by atoms with Crippen molar-refractivity contribution in [2.45, 2.75) is 20.3 Å². The Kier molecular flexibility index (Phi) is 3.41. The van der Waals surface area contributed by atoms with Gasteiger partial charge in [0, 0.05) is 11.8 Å². The molecule has 2 aromatic rings. The minimum Gasteiger partial charge on any atom is -0.305 e. The third kappa shape index (κ3) is 2.56. The lowest BCUT2D eigenvalue weighted by molar-refractivity contribution is 0.102. The number of nitrogens with one attached hydrogen (secondary N) is 2. The molecule has 1 aromatic heterocycles. The van der Waals surface area contributed by atoms with Crippen LogP contribution in [-0.2, 0) is 6.42 Å². The average Bonchev–Trinajstić information content (AvgIpc) is 2.80. The summed E-state index contributed by atoms with van der Waals surface area (Å²) in [5.41, 5.74) is 1.77. The molecule has 2 N–H and O–H groups in total. The third-order valence-electron chi connectivity index (χ3n) is 2.62. The number of halogens is 1. The number of H-pyrrole nitrogens is 1. The number of amides is 1. The molecule has 1 amide bonds. The highest BCUT2D eigenvalue weighted by molar-refractivity contribution is 6.04. The summed E-state index contributed by atoms with van der Waals surface area (Å²) < 4.78 is 13.5. The van der Waals surface area contributed by atoms with Gasteiger partial charge < -0.3 is 5.32 Å². The van der Waals surface area contributed by atoms with Crippen LogP contribution in [0, 0.1) is 12.7 Å². The van der Waals surface area contributed by atoms with Gasteiger partial charge in [-0.2, -0.15) is 5.10 Å². The molecule has 2 rings (SSSR count). The van der Waals surface area contributed by atoms with Crippen LogP contribution in [0.1, 0.15) is 28.5 Å². The summed E-state index contributed by atoms with van der Waals surface area (Å²) >= 11 is 0. The number of aromatic nitrogens is 2. The summed E-state index contributed by atoms with van der Waals surface area (Å²) in [5, 5.41) is 9.26. The summed E-state index contributed by atoms with van der Waals surface area (Å²) in [6, 6.07) is 6.14. The first-order chi connectivity index (χ1) is 8.60. The smallest absolute Gasteiger partial charge is 0.259 e. The van der Waals surface area contributed by atoms with E-state index >= 15 is 0 Å². The predicted molar refractivity (Wildman–Crippen MR) is 67.1 cm³/mol. The van der Waals surface area contributed by atoms with E-state index in [4.69, 9.17) is 0 Å². The second-order valence-corrected chi connectivity index (χ2v) is 4.07. The number of rotatable bonds is 3. The van der Waals surface area contributed by atoms with Gasteiger partial charge in [0.25, 0.3) is 5.91 Å². The van der Waals surface area contributed by atoms with Gasteiger partial charge in [0.05, 0.1) is 5.56 Å². The molecule has 0 aliphatic carbocycles. The minimum atomic E-state index is -0.538. The molecule has 5 heteroatoms. The van der Waals surface area contributed by atoms with Crippen molar-refractivity contribution in [1.29, 1.82) is 0 Å². The standard InChI is InChI=1S/C13H14FN3O/c1-3-9-7-12(17-16-9)15-13(18)10-6-8(2)4-5-11(10)14/h4-7H,3H2,1-2H3,(H2,15,16,17,18). The molecular formula is C13H14FN3O. The number of hydrogen-bond acceptors (Lipinski definition) is 2. The molecule has 0 bridgehead atoms. The zero-order valence-electron chi connectivity index (χ0n) is 10.2.